The molecule has 1 amide bonds. The molecule has 0 aliphatic heterocycles. The summed E-state index contributed by atoms with van der Waals surface area (Å²) in [6, 6.07) is 11.4. The first-order valence-electron chi connectivity index (χ1n) is 8.51. The van der Waals surface area contributed by atoms with Crippen LogP contribution in [0.5, 0.6) is 0 Å². The van der Waals surface area contributed by atoms with Gasteiger partial charge in [0.1, 0.15) is 11.5 Å². The molecule has 0 spiro atoms. The second-order valence-corrected chi connectivity index (χ2v) is 6.53. The molecule has 0 saturated heterocycles. The van der Waals surface area contributed by atoms with Crippen molar-refractivity contribution in [3.8, 4) is 0 Å². The van der Waals surface area contributed by atoms with Crippen LogP contribution >= 0.6 is 0 Å². The van der Waals surface area contributed by atoms with Gasteiger partial charge in [-0.2, -0.15) is 0 Å². The van der Waals surface area contributed by atoms with Gasteiger partial charge >= 0.3 is 0 Å². The number of aromatic nitrogens is 2. The van der Waals surface area contributed by atoms with Gasteiger partial charge in [-0.1, -0.05) is 37.2 Å². The maximum Gasteiger partial charge on any atom is 0.275 e. The molecule has 0 atom stereocenters. The van der Waals surface area contributed by atoms with Crippen LogP contribution in [0.4, 0.5) is 17.2 Å². The van der Waals surface area contributed by atoms with E-state index < -0.39 is 0 Å². The van der Waals surface area contributed by atoms with Crippen molar-refractivity contribution in [1.29, 1.82) is 0 Å². The Balaban J connectivity index is 1.75. The van der Waals surface area contributed by atoms with E-state index in [1.165, 1.54) is 11.1 Å². The van der Waals surface area contributed by atoms with E-state index in [1.54, 1.807) is 25.3 Å². The normalized spacial score (nSPS) is 10.8. The summed E-state index contributed by atoms with van der Waals surface area (Å²) < 4.78 is 4.93. The van der Waals surface area contributed by atoms with Crippen LogP contribution in [-0.4, -0.2) is 16.0 Å². The highest BCUT2D eigenvalue weighted by atomic mass is 16.5. The first-order chi connectivity index (χ1) is 12.4. The number of aryl methyl sites for hydroxylation is 2. The van der Waals surface area contributed by atoms with Crippen LogP contribution in [0.3, 0.4) is 0 Å². The summed E-state index contributed by atoms with van der Waals surface area (Å²) in [4.78, 5) is 16.5. The van der Waals surface area contributed by atoms with Gasteiger partial charge in [0.2, 0.25) is 0 Å². The fourth-order valence-electron chi connectivity index (χ4n) is 2.69. The molecule has 0 bridgehead atoms. The van der Waals surface area contributed by atoms with Crippen molar-refractivity contribution in [2.75, 3.05) is 10.6 Å². The minimum atomic E-state index is -0.330. The lowest BCUT2D eigenvalue weighted by atomic mass is 9.98. The SMILES string of the molecule is Cc1cc(NC(=O)c2ccc(Nc3c(C)cccc3C(C)C)cn2)no1. The smallest absolute Gasteiger partial charge is 0.275 e. The lowest BCUT2D eigenvalue weighted by molar-refractivity contribution is 0.102. The summed E-state index contributed by atoms with van der Waals surface area (Å²) in [5.74, 6) is 1.08. The topological polar surface area (TPSA) is 80.0 Å². The summed E-state index contributed by atoms with van der Waals surface area (Å²) in [7, 11) is 0. The number of para-hydroxylation sites is 1. The van der Waals surface area contributed by atoms with Crippen LogP contribution in [0.25, 0.3) is 0 Å². The predicted molar refractivity (Wildman–Crippen MR) is 102 cm³/mol. The molecule has 26 heavy (non-hydrogen) atoms. The van der Waals surface area contributed by atoms with Gasteiger partial charge < -0.3 is 15.2 Å². The molecule has 2 heterocycles. The summed E-state index contributed by atoms with van der Waals surface area (Å²) in [5, 5.41) is 9.82. The Morgan fingerprint density at radius 2 is 1.96 bits per heavy atom. The molecular weight excluding hydrogens is 328 g/mol. The number of anilines is 3. The van der Waals surface area contributed by atoms with Gasteiger partial charge in [0, 0.05) is 11.8 Å². The van der Waals surface area contributed by atoms with Crippen LogP contribution in [0.15, 0.2) is 47.1 Å². The molecule has 0 saturated carbocycles. The number of hydrogen-bond donors (Lipinski definition) is 2. The number of carbonyl (C=O) groups excluding carboxylic acids is 1. The third kappa shape index (κ3) is 3.91. The standard InChI is InChI=1S/C20H22N4O2/c1-12(2)16-7-5-6-13(3)19(16)22-15-8-9-17(21-11-15)20(25)23-18-10-14(4)26-24-18/h5-12,22H,1-4H3,(H,23,24,25). The number of pyridine rings is 1. The summed E-state index contributed by atoms with van der Waals surface area (Å²) in [6.07, 6.45) is 1.65. The van der Waals surface area contributed by atoms with Crippen molar-refractivity contribution >= 4 is 23.1 Å². The number of hydrogen-bond acceptors (Lipinski definition) is 5. The van der Waals surface area contributed by atoms with Gasteiger partial charge in [0.05, 0.1) is 11.9 Å². The quantitative estimate of drug-likeness (QED) is 0.690. The number of carbonyl (C=O) groups is 1. The predicted octanol–water partition coefficient (Wildman–Crippen LogP) is 4.81. The molecule has 1 aromatic carbocycles. The highest BCUT2D eigenvalue weighted by Gasteiger charge is 2.12. The van der Waals surface area contributed by atoms with Gasteiger partial charge in [0.15, 0.2) is 5.82 Å². The highest BCUT2D eigenvalue weighted by Crippen LogP contribution is 2.30. The average molecular weight is 350 g/mol. The van der Waals surface area contributed by atoms with E-state index in [0.29, 0.717) is 23.2 Å². The first-order valence-corrected chi connectivity index (χ1v) is 8.51. The molecule has 0 aliphatic carbocycles. The second-order valence-electron chi connectivity index (χ2n) is 6.53. The number of nitrogens with one attached hydrogen (secondary N) is 2. The van der Waals surface area contributed by atoms with Crippen LogP contribution in [0, 0.1) is 13.8 Å². The van der Waals surface area contributed by atoms with Crippen molar-refractivity contribution in [2.45, 2.75) is 33.6 Å². The Morgan fingerprint density at radius 3 is 2.58 bits per heavy atom. The molecule has 6 nitrogen and oxygen atoms in total. The van der Waals surface area contributed by atoms with Gasteiger partial charge in [0.25, 0.3) is 5.91 Å². The first kappa shape index (κ1) is 17.7. The van der Waals surface area contributed by atoms with Gasteiger partial charge in [-0.05, 0) is 43.0 Å². The van der Waals surface area contributed by atoms with E-state index in [-0.39, 0.29) is 5.91 Å². The van der Waals surface area contributed by atoms with E-state index in [0.717, 1.165) is 11.4 Å². The van der Waals surface area contributed by atoms with Gasteiger partial charge in [-0.25, -0.2) is 4.98 Å². The highest BCUT2D eigenvalue weighted by molar-refractivity contribution is 6.02. The fourth-order valence-corrected chi connectivity index (χ4v) is 2.69. The van der Waals surface area contributed by atoms with Crippen LogP contribution in [0.1, 0.15) is 47.1 Å². The molecular formula is C20H22N4O2. The third-order valence-corrected chi connectivity index (χ3v) is 4.06. The Morgan fingerprint density at radius 1 is 1.15 bits per heavy atom. The number of amides is 1. The molecule has 0 unspecified atom stereocenters. The van der Waals surface area contributed by atoms with Crippen molar-refractivity contribution < 1.29 is 9.32 Å². The number of benzene rings is 1. The molecule has 2 N–H and O–H groups in total. The third-order valence-electron chi connectivity index (χ3n) is 4.06. The zero-order valence-corrected chi connectivity index (χ0v) is 15.3. The average Bonchev–Trinajstić information content (AvgIpc) is 3.02. The monoisotopic (exact) mass is 350 g/mol. The Labute approximate surface area is 152 Å². The maximum absolute atomic E-state index is 12.2. The van der Waals surface area contributed by atoms with Crippen LogP contribution < -0.4 is 10.6 Å². The van der Waals surface area contributed by atoms with Crippen molar-refractivity contribution in [3.63, 3.8) is 0 Å². The molecule has 0 aliphatic rings. The zero-order valence-electron chi connectivity index (χ0n) is 15.3. The second kappa shape index (κ2) is 7.39. The Hall–Kier alpha value is -3.15. The van der Waals surface area contributed by atoms with Crippen LogP contribution in [0.2, 0.25) is 0 Å². The van der Waals surface area contributed by atoms with Crippen molar-refractivity contribution in [3.05, 3.63) is 65.2 Å². The van der Waals surface area contributed by atoms with Crippen molar-refractivity contribution in [2.24, 2.45) is 0 Å². The van der Waals surface area contributed by atoms with E-state index in [1.807, 2.05) is 6.07 Å². The summed E-state index contributed by atoms with van der Waals surface area (Å²) in [5.41, 5.74) is 4.63. The fraction of sp³-hybridized carbons (Fsp3) is 0.250. The lowest BCUT2D eigenvalue weighted by Crippen LogP contribution is -2.13. The minimum Gasteiger partial charge on any atom is -0.360 e. The molecule has 134 valence electrons. The summed E-state index contributed by atoms with van der Waals surface area (Å²) in [6.45, 7) is 8.16. The Kier molecular flexibility index (Phi) is 5.02. The van der Waals surface area contributed by atoms with Crippen LogP contribution in [-0.2, 0) is 0 Å². The lowest BCUT2D eigenvalue weighted by Gasteiger charge is -2.17. The molecule has 2 aromatic heterocycles. The Bertz CT molecular complexity index is 914. The van der Waals surface area contributed by atoms with E-state index in [4.69, 9.17) is 4.52 Å². The van der Waals surface area contributed by atoms with Crippen molar-refractivity contribution in [1.82, 2.24) is 10.1 Å². The molecule has 6 heteroatoms. The largest absolute Gasteiger partial charge is 0.360 e. The maximum atomic E-state index is 12.2. The van der Waals surface area contributed by atoms with Gasteiger partial charge in [-0.15, -0.1) is 0 Å². The number of nitrogens with zero attached hydrogens (tertiary/aromatic N) is 2. The van der Waals surface area contributed by atoms with E-state index in [2.05, 4.69) is 59.7 Å². The zero-order chi connectivity index (χ0) is 18.7. The molecule has 0 radical (unpaired) electrons. The molecule has 0 fully saturated rings. The summed E-state index contributed by atoms with van der Waals surface area (Å²) >= 11 is 0. The van der Waals surface area contributed by atoms with E-state index >= 15 is 0 Å². The number of rotatable bonds is 5. The molecule has 3 rings (SSSR count). The van der Waals surface area contributed by atoms with E-state index in [9.17, 15) is 4.79 Å². The molecule has 3 aromatic rings. The van der Waals surface area contributed by atoms with Gasteiger partial charge in [-0.3, -0.25) is 4.79 Å². The minimum absolute atomic E-state index is 0.310.